The molecule has 2 N–H and O–H groups in total. The van der Waals surface area contributed by atoms with Gasteiger partial charge >= 0.3 is 0 Å². The van der Waals surface area contributed by atoms with E-state index in [4.69, 9.17) is 17.3 Å². The molecule has 0 radical (unpaired) electrons. The number of nitrogens with zero attached hydrogens (tertiary/aromatic N) is 2. The maximum absolute atomic E-state index is 6.26. The molecule has 20 heavy (non-hydrogen) atoms. The number of hydrogen-bond donors (Lipinski definition) is 1. The average Bonchev–Trinajstić information content (AvgIpc) is 3.01. The molecule has 1 aliphatic carbocycles. The Morgan fingerprint density at radius 3 is 2.45 bits per heavy atom. The fourth-order valence-electron chi connectivity index (χ4n) is 3.64. The lowest BCUT2D eigenvalue weighted by molar-refractivity contribution is 0.187. The van der Waals surface area contributed by atoms with Crippen LogP contribution in [0.15, 0.2) is 18.2 Å². The van der Waals surface area contributed by atoms with Crippen LogP contribution in [0.2, 0.25) is 5.02 Å². The molecule has 1 aromatic rings. The van der Waals surface area contributed by atoms with Crippen molar-refractivity contribution >= 4 is 17.3 Å². The number of hydrogen-bond acceptors (Lipinski definition) is 3. The molecule has 2 aliphatic rings. The van der Waals surface area contributed by atoms with Gasteiger partial charge in [0.15, 0.2) is 0 Å². The molecule has 0 atom stereocenters. The van der Waals surface area contributed by atoms with Gasteiger partial charge in [-0.1, -0.05) is 30.5 Å². The highest BCUT2D eigenvalue weighted by Gasteiger charge is 2.26. The SMILES string of the molecule is NCc1c(Cl)cccc1N1CCN(C2CCCC2)CC1. The maximum atomic E-state index is 6.26. The van der Waals surface area contributed by atoms with Gasteiger partial charge in [-0.05, 0) is 25.0 Å². The monoisotopic (exact) mass is 293 g/mol. The third-order valence-corrected chi connectivity index (χ3v) is 5.15. The number of piperazine rings is 1. The Morgan fingerprint density at radius 1 is 1.10 bits per heavy atom. The van der Waals surface area contributed by atoms with Gasteiger partial charge in [0.1, 0.15) is 0 Å². The van der Waals surface area contributed by atoms with Crippen molar-refractivity contribution < 1.29 is 0 Å². The van der Waals surface area contributed by atoms with Crippen LogP contribution in [0, 0.1) is 0 Å². The van der Waals surface area contributed by atoms with Crippen molar-refractivity contribution in [2.24, 2.45) is 5.73 Å². The minimum absolute atomic E-state index is 0.512. The van der Waals surface area contributed by atoms with Gasteiger partial charge in [0.05, 0.1) is 0 Å². The summed E-state index contributed by atoms with van der Waals surface area (Å²) in [6, 6.07) is 6.95. The number of benzene rings is 1. The first-order valence-electron chi connectivity index (χ1n) is 7.76. The maximum Gasteiger partial charge on any atom is 0.0471 e. The molecule has 110 valence electrons. The first kappa shape index (κ1) is 14.2. The Bertz CT molecular complexity index is 449. The van der Waals surface area contributed by atoms with Crippen LogP contribution in [0.25, 0.3) is 0 Å². The molecule has 1 saturated heterocycles. The highest BCUT2D eigenvalue weighted by atomic mass is 35.5. The molecule has 2 fully saturated rings. The molecule has 1 aromatic carbocycles. The molecular formula is C16H24ClN3. The molecule has 4 heteroatoms. The van der Waals surface area contributed by atoms with E-state index in [1.54, 1.807) is 0 Å². The average molecular weight is 294 g/mol. The molecule has 0 amide bonds. The highest BCUT2D eigenvalue weighted by molar-refractivity contribution is 6.31. The van der Waals surface area contributed by atoms with Crippen molar-refractivity contribution in [1.29, 1.82) is 0 Å². The lowest BCUT2D eigenvalue weighted by Gasteiger charge is -2.39. The predicted molar refractivity (Wildman–Crippen MR) is 85.4 cm³/mol. The Morgan fingerprint density at radius 2 is 1.80 bits per heavy atom. The van der Waals surface area contributed by atoms with E-state index in [2.05, 4.69) is 15.9 Å². The normalized spacial score (nSPS) is 21.6. The van der Waals surface area contributed by atoms with Crippen LogP contribution in [0.1, 0.15) is 31.2 Å². The zero-order valence-corrected chi connectivity index (χ0v) is 12.8. The van der Waals surface area contributed by atoms with Crippen LogP contribution in [0.3, 0.4) is 0 Å². The largest absolute Gasteiger partial charge is 0.369 e. The van der Waals surface area contributed by atoms with E-state index < -0.39 is 0 Å². The summed E-state index contributed by atoms with van der Waals surface area (Å²) < 4.78 is 0. The van der Waals surface area contributed by atoms with E-state index in [9.17, 15) is 0 Å². The third kappa shape index (κ3) is 2.80. The van der Waals surface area contributed by atoms with Crippen molar-refractivity contribution in [1.82, 2.24) is 4.90 Å². The first-order chi connectivity index (χ1) is 9.79. The number of rotatable bonds is 3. The lowest BCUT2D eigenvalue weighted by Crippen LogP contribution is -2.50. The summed E-state index contributed by atoms with van der Waals surface area (Å²) in [6.07, 6.45) is 5.61. The van der Waals surface area contributed by atoms with E-state index in [0.29, 0.717) is 6.54 Å². The van der Waals surface area contributed by atoms with E-state index >= 15 is 0 Å². The van der Waals surface area contributed by atoms with Gasteiger partial charge in [0, 0.05) is 55.0 Å². The second-order valence-corrected chi connectivity index (χ2v) is 6.31. The van der Waals surface area contributed by atoms with Crippen molar-refractivity contribution in [2.45, 2.75) is 38.3 Å². The van der Waals surface area contributed by atoms with Gasteiger partial charge in [0.2, 0.25) is 0 Å². The van der Waals surface area contributed by atoms with E-state index in [1.165, 1.54) is 44.5 Å². The molecule has 0 aromatic heterocycles. The molecule has 0 spiro atoms. The van der Waals surface area contributed by atoms with Gasteiger partial charge in [-0.15, -0.1) is 0 Å². The van der Waals surface area contributed by atoms with Crippen LogP contribution in [0.4, 0.5) is 5.69 Å². The molecule has 0 unspecified atom stereocenters. The molecule has 1 saturated carbocycles. The van der Waals surface area contributed by atoms with E-state index in [-0.39, 0.29) is 0 Å². The lowest BCUT2D eigenvalue weighted by atomic mass is 10.1. The zero-order chi connectivity index (χ0) is 13.9. The smallest absolute Gasteiger partial charge is 0.0471 e. The predicted octanol–water partition coefficient (Wildman–Crippen LogP) is 2.86. The molecule has 1 heterocycles. The third-order valence-electron chi connectivity index (χ3n) is 4.79. The number of anilines is 1. The van der Waals surface area contributed by atoms with Crippen molar-refractivity contribution in [3.8, 4) is 0 Å². The molecular weight excluding hydrogens is 270 g/mol. The van der Waals surface area contributed by atoms with Crippen LogP contribution in [0.5, 0.6) is 0 Å². The Hall–Kier alpha value is -0.770. The molecule has 1 aliphatic heterocycles. The van der Waals surface area contributed by atoms with E-state index in [1.807, 2.05) is 12.1 Å². The van der Waals surface area contributed by atoms with Crippen LogP contribution < -0.4 is 10.6 Å². The van der Waals surface area contributed by atoms with E-state index in [0.717, 1.165) is 29.7 Å². The number of halogens is 1. The Labute approximate surface area is 126 Å². The fourth-order valence-corrected chi connectivity index (χ4v) is 3.89. The summed E-state index contributed by atoms with van der Waals surface area (Å²) in [7, 11) is 0. The second kappa shape index (κ2) is 6.33. The van der Waals surface area contributed by atoms with Gasteiger partial charge in [0.25, 0.3) is 0 Å². The van der Waals surface area contributed by atoms with Gasteiger partial charge in [-0.25, -0.2) is 0 Å². The number of nitrogens with two attached hydrogens (primary N) is 1. The van der Waals surface area contributed by atoms with Crippen molar-refractivity contribution in [3.05, 3.63) is 28.8 Å². The molecule has 3 rings (SSSR count). The molecule has 0 bridgehead atoms. The minimum atomic E-state index is 0.512. The summed E-state index contributed by atoms with van der Waals surface area (Å²) >= 11 is 6.26. The Kier molecular flexibility index (Phi) is 4.49. The van der Waals surface area contributed by atoms with Crippen LogP contribution >= 0.6 is 11.6 Å². The standard InChI is InChI=1S/C16H24ClN3/c17-15-6-3-7-16(14(15)12-18)20-10-8-19(9-11-20)13-4-1-2-5-13/h3,6-7,13H,1-2,4-5,8-12,18H2. The summed E-state index contributed by atoms with van der Waals surface area (Å²) in [5.74, 6) is 0. The van der Waals surface area contributed by atoms with Crippen LogP contribution in [-0.4, -0.2) is 37.1 Å². The summed E-state index contributed by atoms with van der Waals surface area (Å²) in [5.41, 5.74) is 8.18. The van der Waals surface area contributed by atoms with Gasteiger partial charge in [-0.3, -0.25) is 4.90 Å². The topological polar surface area (TPSA) is 32.5 Å². The van der Waals surface area contributed by atoms with Gasteiger partial charge in [-0.2, -0.15) is 0 Å². The van der Waals surface area contributed by atoms with Crippen molar-refractivity contribution in [2.75, 3.05) is 31.1 Å². The highest BCUT2D eigenvalue weighted by Crippen LogP contribution is 2.29. The summed E-state index contributed by atoms with van der Waals surface area (Å²) in [6.45, 7) is 5.02. The minimum Gasteiger partial charge on any atom is -0.369 e. The van der Waals surface area contributed by atoms with Crippen molar-refractivity contribution in [3.63, 3.8) is 0 Å². The second-order valence-electron chi connectivity index (χ2n) is 5.90. The van der Waals surface area contributed by atoms with Crippen LogP contribution in [-0.2, 0) is 6.54 Å². The quantitative estimate of drug-likeness (QED) is 0.930. The first-order valence-corrected chi connectivity index (χ1v) is 8.14. The summed E-state index contributed by atoms with van der Waals surface area (Å²) in [4.78, 5) is 5.12. The van der Waals surface area contributed by atoms with Gasteiger partial charge < -0.3 is 10.6 Å². The Balaban J connectivity index is 1.67. The summed E-state index contributed by atoms with van der Waals surface area (Å²) in [5, 5.41) is 0.795. The molecule has 3 nitrogen and oxygen atoms in total. The fraction of sp³-hybridized carbons (Fsp3) is 0.625. The zero-order valence-electron chi connectivity index (χ0n) is 12.0.